The Morgan fingerprint density at radius 3 is 2.77 bits per heavy atom. The van der Waals surface area contributed by atoms with E-state index in [2.05, 4.69) is 5.10 Å². The van der Waals surface area contributed by atoms with Crippen molar-refractivity contribution in [1.82, 2.24) is 9.78 Å². The maximum absolute atomic E-state index is 9.20. The van der Waals surface area contributed by atoms with Crippen LogP contribution in [0.2, 0.25) is 0 Å². The monoisotopic (exact) mass is 183 g/mol. The van der Waals surface area contributed by atoms with Gasteiger partial charge in [0.05, 0.1) is 12.8 Å². The SMILES string of the molecule is CCn1cc(C(C)(CN)CO)cn1. The highest BCUT2D eigenvalue weighted by Crippen LogP contribution is 2.20. The lowest BCUT2D eigenvalue weighted by atomic mass is 9.86. The van der Waals surface area contributed by atoms with Crippen LogP contribution in [-0.4, -0.2) is 28.0 Å². The van der Waals surface area contributed by atoms with E-state index in [9.17, 15) is 5.11 Å². The number of aromatic nitrogens is 2. The van der Waals surface area contributed by atoms with Gasteiger partial charge in [-0.2, -0.15) is 5.10 Å². The molecule has 0 aliphatic heterocycles. The van der Waals surface area contributed by atoms with Crippen molar-refractivity contribution in [3.05, 3.63) is 18.0 Å². The molecule has 0 amide bonds. The first-order valence-electron chi connectivity index (χ1n) is 4.50. The molecule has 1 heterocycles. The molecular formula is C9H17N3O. The summed E-state index contributed by atoms with van der Waals surface area (Å²) in [5.41, 5.74) is 6.25. The fraction of sp³-hybridized carbons (Fsp3) is 0.667. The van der Waals surface area contributed by atoms with Crippen molar-refractivity contribution in [2.24, 2.45) is 5.73 Å². The molecule has 1 unspecified atom stereocenters. The average Bonchev–Trinajstić information content (AvgIpc) is 2.65. The summed E-state index contributed by atoms with van der Waals surface area (Å²) in [6, 6.07) is 0. The molecule has 0 spiro atoms. The van der Waals surface area contributed by atoms with Crippen LogP contribution in [0.3, 0.4) is 0 Å². The second-order valence-electron chi connectivity index (χ2n) is 3.51. The molecule has 0 saturated heterocycles. The molecular weight excluding hydrogens is 166 g/mol. The van der Waals surface area contributed by atoms with E-state index in [1.807, 2.05) is 24.7 Å². The maximum atomic E-state index is 9.20. The zero-order valence-electron chi connectivity index (χ0n) is 8.20. The van der Waals surface area contributed by atoms with Gasteiger partial charge in [0.15, 0.2) is 0 Å². The van der Waals surface area contributed by atoms with E-state index in [4.69, 9.17) is 5.73 Å². The van der Waals surface area contributed by atoms with Gasteiger partial charge in [-0.3, -0.25) is 4.68 Å². The highest BCUT2D eigenvalue weighted by molar-refractivity contribution is 5.18. The molecule has 1 atom stereocenters. The van der Waals surface area contributed by atoms with Crippen molar-refractivity contribution < 1.29 is 5.11 Å². The second-order valence-corrected chi connectivity index (χ2v) is 3.51. The van der Waals surface area contributed by atoms with Crippen LogP contribution in [0.1, 0.15) is 19.4 Å². The number of aryl methyl sites for hydroxylation is 1. The van der Waals surface area contributed by atoms with Crippen LogP contribution >= 0.6 is 0 Å². The topological polar surface area (TPSA) is 64.1 Å². The first-order chi connectivity index (χ1) is 6.16. The minimum atomic E-state index is -0.354. The van der Waals surface area contributed by atoms with Gasteiger partial charge >= 0.3 is 0 Å². The quantitative estimate of drug-likeness (QED) is 0.696. The fourth-order valence-corrected chi connectivity index (χ4v) is 1.12. The first kappa shape index (κ1) is 10.2. The van der Waals surface area contributed by atoms with Crippen LogP contribution < -0.4 is 5.73 Å². The Morgan fingerprint density at radius 1 is 1.69 bits per heavy atom. The number of aliphatic hydroxyl groups excluding tert-OH is 1. The Labute approximate surface area is 78.4 Å². The third-order valence-corrected chi connectivity index (χ3v) is 2.45. The number of rotatable bonds is 4. The highest BCUT2D eigenvalue weighted by Gasteiger charge is 2.25. The van der Waals surface area contributed by atoms with Gasteiger partial charge in [0, 0.05) is 24.7 Å². The zero-order chi connectivity index (χ0) is 9.90. The first-order valence-corrected chi connectivity index (χ1v) is 4.50. The average molecular weight is 183 g/mol. The minimum Gasteiger partial charge on any atom is -0.395 e. The van der Waals surface area contributed by atoms with Crippen molar-refractivity contribution in [1.29, 1.82) is 0 Å². The normalized spacial score (nSPS) is 15.7. The van der Waals surface area contributed by atoms with Crippen molar-refractivity contribution in [2.75, 3.05) is 13.2 Å². The molecule has 1 aromatic heterocycles. The third kappa shape index (κ3) is 1.89. The Hall–Kier alpha value is -0.870. The van der Waals surface area contributed by atoms with Crippen LogP contribution in [0.15, 0.2) is 12.4 Å². The molecule has 0 aromatic carbocycles. The molecule has 0 aliphatic rings. The van der Waals surface area contributed by atoms with Crippen LogP contribution in [0.5, 0.6) is 0 Å². The molecule has 74 valence electrons. The molecule has 1 rings (SSSR count). The van der Waals surface area contributed by atoms with Gasteiger partial charge in [0.2, 0.25) is 0 Å². The lowest BCUT2D eigenvalue weighted by Crippen LogP contribution is -2.35. The fourth-order valence-electron chi connectivity index (χ4n) is 1.12. The van der Waals surface area contributed by atoms with Crippen LogP contribution in [0.25, 0.3) is 0 Å². The van der Waals surface area contributed by atoms with E-state index in [1.165, 1.54) is 0 Å². The zero-order valence-corrected chi connectivity index (χ0v) is 8.20. The van der Waals surface area contributed by atoms with E-state index in [0.717, 1.165) is 12.1 Å². The van der Waals surface area contributed by atoms with Crippen LogP contribution in [0.4, 0.5) is 0 Å². The smallest absolute Gasteiger partial charge is 0.0538 e. The van der Waals surface area contributed by atoms with Crippen molar-refractivity contribution in [3.8, 4) is 0 Å². The molecule has 0 aliphatic carbocycles. The number of nitrogens with zero attached hydrogens (tertiary/aromatic N) is 2. The van der Waals surface area contributed by atoms with Crippen molar-refractivity contribution >= 4 is 0 Å². The highest BCUT2D eigenvalue weighted by atomic mass is 16.3. The molecule has 1 aromatic rings. The summed E-state index contributed by atoms with van der Waals surface area (Å²) < 4.78 is 1.83. The Balaban J connectivity index is 2.91. The summed E-state index contributed by atoms with van der Waals surface area (Å²) in [7, 11) is 0. The van der Waals surface area contributed by atoms with E-state index < -0.39 is 0 Å². The Bertz CT molecular complexity index is 266. The van der Waals surface area contributed by atoms with Gasteiger partial charge in [0.1, 0.15) is 0 Å². The predicted octanol–water partition coefficient (Wildman–Crippen LogP) is 0.112. The molecule has 0 saturated carbocycles. The standard InChI is InChI=1S/C9H17N3O/c1-3-12-5-8(4-11-12)9(2,6-10)7-13/h4-5,13H,3,6-7,10H2,1-2H3. The summed E-state index contributed by atoms with van der Waals surface area (Å²) in [6.07, 6.45) is 3.70. The predicted molar refractivity (Wildman–Crippen MR) is 51.4 cm³/mol. The molecule has 4 nitrogen and oxygen atoms in total. The molecule has 4 heteroatoms. The van der Waals surface area contributed by atoms with Gasteiger partial charge in [-0.05, 0) is 12.5 Å². The van der Waals surface area contributed by atoms with E-state index >= 15 is 0 Å². The molecule has 0 radical (unpaired) electrons. The van der Waals surface area contributed by atoms with Gasteiger partial charge < -0.3 is 10.8 Å². The molecule has 0 fully saturated rings. The number of aliphatic hydroxyl groups is 1. The van der Waals surface area contributed by atoms with E-state index in [-0.39, 0.29) is 12.0 Å². The number of nitrogens with two attached hydrogens (primary N) is 1. The molecule has 0 bridgehead atoms. The number of hydrogen-bond donors (Lipinski definition) is 2. The molecule has 3 N–H and O–H groups in total. The summed E-state index contributed by atoms with van der Waals surface area (Å²) in [5.74, 6) is 0. The van der Waals surface area contributed by atoms with Gasteiger partial charge in [-0.15, -0.1) is 0 Å². The van der Waals surface area contributed by atoms with Crippen LogP contribution in [-0.2, 0) is 12.0 Å². The van der Waals surface area contributed by atoms with Gasteiger partial charge in [-0.25, -0.2) is 0 Å². The minimum absolute atomic E-state index is 0.0545. The summed E-state index contributed by atoms with van der Waals surface area (Å²) in [6.45, 7) is 5.28. The summed E-state index contributed by atoms with van der Waals surface area (Å²) in [5, 5.41) is 13.4. The third-order valence-electron chi connectivity index (χ3n) is 2.45. The lowest BCUT2D eigenvalue weighted by molar-refractivity contribution is 0.210. The van der Waals surface area contributed by atoms with Gasteiger partial charge in [0.25, 0.3) is 0 Å². The Morgan fingerprint density at radius 2 is 2.38 bits per heavy atom. The van der Waals surface area contributed by atoms with Crippen molar-refractivity contribution in [2.45, 2.75) is 25.8 Å². The second kappa shape index (κ2) is 3.89. The summed E-state index contributed by atoms with van der Waals surface area (Å²) in [4.78, 5) is 0. The summed E-state index contributed by atoms with van der Waals surface area (Å²) >= 11 is 0. The Kier molecular flexibility index (Phi) is 3.06. The largest absolute Gasteiger partial charge is 0.395 e. The van der Waals surface area contributed by atoms with Gasteiger partial charge in [-0.1, -0.05) is 6.92 Å². The lowest BCUT2D eigenvalue weighted by Gasteiger charge is -2.23. The van der Waals surface area contributed by atoms with Crippen LogP contribution in [0, 0.1) is 0 Å². The molecule has 13 heavy (non-hydrogen) atoms. The van der Waals surface area contributed by atoms with E-state index in [0.29, 0.717) is 6.54 Å². The maximum Gasteiger partial charge on any atom is 0.0538 e. The number of hydrogen-bond acceptors (Lipinski definition) is 3. The van der Waals surface area contributed by atoms with E-state index in [1.54, 1.807) is 6.20 Å². The van der Waals surface area contributed by atoms with Crippen molar-refractivity contribution in [3.63, 3.8) is 0 Å².